The van der Waals surface area contributed by atoms with Gasteiger partial charge in [-0.15, -0.1) is 0 Å². The van der Waals surface area contributed by atoms with Crippen molar-refractivity contribution < 1.29 is 9.59 Å². The van der Waals surface area contributed by atoms with Crippen LogP contribution >= 0.6 is 11.6 Å². The van der Waals surface area contributed by atoms with Crippen molar-refractivity contribution in [3.05, 3.63) is 64.7 Å². The van der Waals surface area contributed by atoms with Crippen molar-refractivity contribution in [1.29, 1.82) is 5.26 Å². The van der Waals surface area contributed by atoms with Gasteiger partial charge in [0.2, 0.25) is 0 Å². The maximum Gasteiger partial charge on any atom is 0.256 e. The molecule has 0 saturated heterocycles. The van der Waals surface area contributed by atoms with E-state index in [2.05, 4.69) is 10.4 Å². The number of nitriles is 1. The zero-order chi connectivity index (χ0) is 17.1. The zero-order valence-corrected chi connectivity index (χ0v) is 13.1. The summed E-state index contributed by atoms with van der Waals surface area (Å²) >= 11 is 5.79. The van der Waals surface area contributed by atoms with Gasteiger partial charge in [0.1, 0.15) is 5.84 Å². The zero-order valence-electron chi connectivity index (χ0n) is 12.4. The minimum absolute atomic E-state index is 0.000664. The highest BCUT2D eigenvalue weighted by molar-refractivity contribution is 6.30. The van der Waals surface area contributed by atoms with E-state index in [1.165, 1.54) is 5.01 Å². The molecular weight excluding hydrogens is 328 g/mol. The lowest BCUT2D eigenvalue weighted by atomic mass is 10.2. The van der Waals surface area contributed by atoms with Gasteiger partial charge in [-0.3, -0.25) is 9.59 Å². The highest BCUT2D eigenvalue weighted by Gasteiger charge is 2.26. The Labute approximate surface area is 143 Å². The van der Waals surface area contributed by atoms with Crippen LogP contribution in [0.25, 0.3) is 0 Å². The summed E-state index contributed by atoms with van der Waals surface area (Å²) in [5.41, 5.74) is 1.45. The monoisotopic (exact) mass is 338 g/mol. The quantitative estimate of drug-likeness (QED) is 0.913. The Balaban J connectivity index is 1.75. The molecule has 24 heavy (non-hydrogen) atoms. The summed E-state index contributed by atoms with van der Waals surface area (Å²) in [6.07, 6.45) is -0.000664. The summed E-state index contributed by atoms with van der Waals surface area (Å²) in [6, 6.07) is 14.9. The summed E-state index contributed by atoms with van der Waals surface area (Å²) in [4.78, 5) is 24.2. The van der Waals surface area contributed by atoms with Gasteiger partial charge in [0, 0.05) is 10.6 Å². The second-order valence-corrected chi connectivity index (χ2v) is 5.49. The second-order valence-electron chi connectivity index (χ2n) is 5.05. The van der Waals surface area contributed by atoms with E-state index in [9.17, 15) is 9.59 Å². The second kappa shape index (κ2) is 6.52. The number of carbonyl (C=O) groups excluding carboxylic acids is 2. The number of amidine groups is 1. The van der Waals surface area contributed by atoms with Crippen LogP contribution in [0, 0.1) is 11.3 Å². The van der Waals surface area contributed by atoms with Crippen LogP contribution in [-0.4, -0.2) is 17.6 Å². The molecule has 0 spiro atoms. The van der Waals surface area contributed by atoms with Crippen molar-refractivity contribution in [1.82, 2.24) is 5.32 Å². The largest absolute Gasteiger partial charge is 0.308 e. The number of hydrogen-bond donors (Lipinski definition) is 1. The van der Waals surface area contributed by atoms with Gasteiger partial charge >= 0.3 is 0 Å². The van der Waals surface area contributed by atoms with E-state index in [-0.39, 0.29) is 24.1 Å². The molecule has 0 radical (unpaired) electrons. The number of rotatable bonds is 2. The molecule has 1 aliphatic heterocycles. The highest BCUT2D eigenvalue weighted by atomic mass is 35.5. The third-order valence-corrected chi connectivity index (χ3v) is 3.63. The van der Waals surface area contributed by atoms with Gasteiger partial charge in [-0.2, -0.15) is 15.4 Å². The minimum atomic E-state index is -0.361. The van der Waals surface area contributed by atoms with Gasteiger partial charge in [-0.25, -0.2) is 0 Å². The molecule has 1 N–H and O–H groups in total. The van der Waals surface area contributed by atoms with Crippen LogP contribution in [0.15, 0.2) is 53.6 Å². The Morgan fingerprint density at radius 3 is 2.46 bits per heavy atom. The highest BCUT2D eigenvalue weighted by Crippen LogP contribution is 2.20. The molecule has 2 aromatic carbocycles. The van der Waals surface area contributed by atoms with Crippen LogP contribution in [0.4, 0.5) is 5.69 Å². The van der Waals surface area contributed by atoms with Gasteiger partial charge in [0.25, 0.3) is 11.8 Å². The van der Waals surface area contributed by atoms with Crippen LogP contribution in [0.3, 0.4) is 0 Å². The van der Waals surface area contributed by atoms with E-state index in [1.807, 2.05) is 6.07 Å². The van der Waals surface area contributed by atoms with E-state index in [0.29, 0.717) is 21.8 Å². The number of halogens is 1. The van der Waals surface area contributed by atoms with Crippen molar-refractivity contribution in [2.75, 3.05) is 5.01 Å². The van der Waals surface area contributed by atoms with Gasteiger partial charge in [-0.1, -0.05) is 11.6 Å². The average molecular weight is 339 g/mol. The van der Waals surface area contributed by atoms with Crippen molar-refractivity contribution >= 4 is 34.9 Å². The first-order valence-electron chi connectivity index (χ1n) is 7.04. The maximum absolute atomic E-state index is 12.1. The Morgan fingerprint density at radius 1 is 1.17 bits per heavy atom. The SMILES string of the molecule is N#Cc1ccc(N2N=C(NC(=O)c3ccc(Cl)cc3)CC2=O)cc1. The molecule has 0 saturated carbocycles. The molecule has 2 amide bonds. The summed E-state index contributed by atoms with van der Waals surface area (Å²) in [5, 5.41) is 17.3. The van der Waals surface area contributed by atoms with Crippen LogP contribution in [0.5, 0.6) is 0 Å². The number of amides is 2. The predicted molar refractivity (Wildman–Crippen MR) is 89.6 cm³/mol. The molecule has 6 nitrogen and oxygen atoms in total. The smallest absolute Gasteiger partial charge is 0.256 e. The van der Waals surface area contributed by atoms with Gasteiger partial charge in [0.05, 0.1) is 23.7 Å². The first-order valence-corrected chi connectivity index (χ1v) is 7.42. The lowest BCUT2D eigenvalue weighted by Gasteiger charge is -2.10. The lowest BCUT2D eigenvalue weighted by molar-refractivity contribution is -0.116. The van der Waals surface area contributed by atoms with Gasteiger partial charge in [-0.05, 0) is 48.5 Å². The number of hydrogen-bond acceptors (Lipinski definition) is 4. The summed E-state index contributed by atoms with van der Waals surface area (Å²) in [7, 11) is 0. The molecule has 0 aromatic heterocycles. The van der Waals surface area contributed by atoms with Crippen molar-refractivity contribution in [3.63, 3.8) is 0 Å². The van der Waals surface area contributed by atoms with Crippen molar-refractivity contribution in [2.24, 2.45) is 5.10 Å². The van der Waals surface area contributed by atoms with Gasteiger partial charge < -0.3 is 5.32 Å². The molecule has 0 aliphatic carbocycles. The molecule has 0 fully saturated rings. The van der Waals surface area contributed by atoms with Crippen LogP contribution in [-0.2, 0) is 4.79 Å². The van der Waals surface area contributed by atoms with E-state index >= 15 is 0 Å². The molecule has 0 bridgehead atoms. The molecule has 1 aliphatic rings. The van der Waals surface area contributed by atoms with Crippen LogP contribution < -0.4 is 10.3 Å². The first-order chi connectivity index (χ1) is 11.6. The molecule has 0 unspecified atom stereocenters. The molecule has 0 atom stereocenters. The Morgan fingerprint density at radius 2 is 1.83 bits per heavy atom. The minimum Gasteiger partial charge on any atom is -0.308 e. The van der Waals surface area contributed by atoms with Gasteiger partial charge in [0.15, 0.2) is 0 Å². The molecule has 7 heteroatoms. The summed E-state index contributed by atoms with van der Waals surface area (Å²) in [5.74, 6) is -0.352. The molecule has 2 aromatic rings. The Bertz CT molecular complexity index is 867. The van der Waals surface area contributed by atoms with Crippen LogP contribution in [0.1, 0.15) is 22.3 Å². The molecular formula is C17H11ClN4O2. The average Bonchev–Trinajstić information content (AvgIpc) is 2.95. The molecule has 3 rings (SSSR count). The van der Waals surface area contributed by atoms with E-state index in [0.717, 1.165) is 0 Å². The van der Waals surface area contributed by atoms with E-state index in [1.54, 1.807) is 48.5 Å². The summed E-state index contributed by atoms with van der Waals surface area (Å²) in [6.45, 7) is 0. The Hall–Kier alpha value is -3.17. The fourth-order valence-electron chi connectivity index (χ4n) is 2.18. The molecule has 1 heterocycles. The first kappa shape index (κ1) is 15.7. The standard InChI is InChI=1S/C17H11ClN4O2/c18-13-5-3-12(4-6-13)17(24)20-15-9-16(23)22(21-15)14-7-1-11(10-19)2-8-14/h1-8H,9H2,(H,20,21,24). The lowest BCUT2D eigenvalue weighted by Crippen LogP contribution is -2.29. The van der Waals surface area contributed by atoms with E-state index in [4.69, 9.17) is 16.9 Å². The number of hydrazone groups is 1. The number of nitrogens with one attached hydrogen (secondary N) is 1. The maximum atomic E-state index is 12.1. The topological polar surface area (TPSA) is 85.6 Å². The van der Waals surface area contributed by atoms with Crippen molar-refractivity contribution in [2.45, 2.75) is 6.42 Å². The fraction of sp³-hybridized carbons (Fsp3) is 0.0588. The summed E-state index contributed by atoms with van der Waals surface area (Å²) < 4.78 is 0. The van der Waals surface area contributed by atoms with E-state index < -0.39 is 0 Å². The number of nitrogens with zero attached hydrogens (tertiary/aromatic N) is 3. The predicted octanol–water partition coefficient (Wildman–Crippen LogP) is 2.69. The van der Waals surface area contributed by atoms with Crippen molar-refractivity contribution in [3.8, 4) is 6.07 Å². The molecule has 118 valence electrons. The fourth-order valence-corrected chi connectivity index (χ4v) is 2.31. The Kier molecular flexibility index (Phi) is 4.27. The number of carbonyl (C=O) groups is 2. The normalized spacial score (nSPS) is 13.4. The number of benzene rings is 2. The third-order valence-electron chi connectivity index (χ3n) is 3.38. The van der Waals surface area contributed by atoms with Crippen LogP contribution in [0.2, 0.25) is 5.02 Å². The third kappa shape index (κ3) is 3.26. The number of anilines is 1.